The molecule has 0 aliphatic heterocycles. The summed E-state index contributed by atoms with van der Waals surface area (Å²) in [5, 5.41) is 0. The standard InChI is InChI=1S/C15H22BrNO/c1-2-3-4-5-6-7-14(15(17)18)12-8-10-13(16)11-9-12/h8-11,14H,2-7H2,1H3,(H2,17,18). The summed E-state index contributed by atoms with van der Waals surface area (Å²) in [4.78, 5) is 11.5. The first-order valence-corrected chi connectivity index (χ1v) is 7.49. The molecule has 0 aromatic heterocycles. The Labute approximate surface area is 118 Å². The molecule has 1 aromatic rings. The molecule has 0 heterocycles. The lowest BCUT2D eigenvalue weighted by Crippen LogP contribution is -2.21. The Morgan fingerprint density at radius 1 is 1.17 bits per heavy atom. The number of carbonyl (C=O) groups is 1. The lowest BCUT2D eigenvalue weighted by Gasteiger charge is -2.13. The monoisotopic (exact) mass is 311 g/mol. The summed E-state index contributed by atoms with van der Waals surface area (Å²) in [7, 11) is 0. The Hall–Kier alpha value is -0.830. The first-order chi connectivity index (χ1) is 8.65. The molecule has 18 heavy (non-hydrogen) atoms. The fourth-order valence-corrected chi connectivity index (χ4v) is 2.38. The molecule has 1 aromatic carbocycles. The van der Waals surface area contributed by atoms with Gasteiger partial charge in [-0.05, 0) is 24.1 Å². The molecule has 0 aliphatic carbocycles. The van der Waals surface area contributed by atoms with Crippen LogP contribution in [-0.4, -0.2) is 5.91 Å². The fourth-order valence-electron chi connectivity index (χ4n) is 2.12. The number of hydrogen-bond acceptors (Lipinski definition) is 1. The number of carbonyl (C=O) groups excluding carboxylic acids is 1. The largest absolute Gasteiger partial charge is 0.369 e. The average molecular weight is 312 g/mol. The van der Waals surface area contributed by atoms with Gasteiger partial charge in [0.15, 0.2) is 0 Å². The van der Waals surface area contributed by atoms with Crippen molar-refractivity contribution in [1.82, 2.24) is 0 Å². The third-order valence-corrected chi connectivity index (χ3v) is 3.74. The highest BCUT2D eigenvalue weighted by Gasteiger charge is 2.16. The van der Waals surface area contributed by atoms with Gasteiger partial charge in [-0.3, -0.25) is 4.79 Å². The number of hydrogen-bond donors (Lipinski definition) is 1. The number of amides is 1. The van der Waals surface area contributed by atoms with E-state index in [0.29, 0.717) is 0 Å². The topological polar surface area (TPSA) is 43.1 Å². The van der Waals surface area contributed by atoms with E-state index in [1.165, 1.54) is 25.7 Å². The molecular weight excluding hydrogens is 290 g/mol. The Kier molecular flexibility index (Phi) is 7.02. The molecule has 0 radical (unpaired) electrons. The van der Waals surface area contributed by atoms with Crippen LogP contribution in [0.4, 0.5) is 0 Å². The highest BCUT2D eigenvalue weighted by atomic mass is 79.9. The molecule has 0 saturated carbocycles. The first-order valence-electron chi connectivity index (χ1n) is 6.70. The van der Waals surface area contributed by atoms with Gasteiger partial charge in [0, 0.05) is 4.47 Å². The van der Waals surface area contributed by atoms with E-state index < -0.39 is 0 Å². The minimum atomic E-state index is -0.215. The summed E-state index contributed by atoms with van der Waals surface area (Å²) >= 11 is 3.40. The second kappa shape index (κ2) is 8.30. The summed E-state index contributed by atoms with van der Waals surface area (Å²) in [6.45, 7) is 2.20. The summed E-state index contributed by atoms with van der Waals surface area (Å²) in [6.07, 6.45) is 6.90. The number of unbranched alkanes of at least 4 members (excludes halogenated alkanes) is 4. The van der Waals surface area contributed by atoms with E-state index in [-0.39, 0.29) is 11.8 Å². The van der Waals surface area contributed by atoms with Crippen LogP contribution in [-0.2, 0) is 4.79 Å². The summed E-state index contributed by atoms with van der Waals surface area (Å²) in [5.41, 5.74) is 6.53. The predicted octanol–water partition coefficient (Wildman–Crippen LogP) is 4.38. The lowest BCUT2D eigenvalue weighted by atomic mass is 9.92. The van der Waals surface area contributed by atoms with Gasteiger partial charge >= 0.3 is 0 Å². The van der Waals surface area contributed by atoms with E-state index in [1.54, 1.807) is 0 Å². The molecule has 1 rings (SSSR count). The number of benzene rings is 1. The maximum Gasteiger partial charge on any atom is 0.224 e. The molecule has 0 spiro atoms. The first kappa shape index (κ1) is 15.2. The van der Waals surface area contributed by atoms with Crippen molar-refractivity contribution < 1.29 is 4.79 Å². The zero-order chi connectivity index (χ0) is 13.4. The smallest absolute Gasteiger partial charge is 0.224 e. The normalized spacial score (nSPS) is 12.3. The molecule has 100 valence electrons. The second-order valence-electron chi connectivity index (χ2n) is 4.71. The van der Waals surface area contributed by atoms with Crippen molar-refractivity contribution in [2.24, 2.45) is 5.73 Å². The van der Waals surface area contributed by atoms with Gasteiger partial charge in [-0.15, -0.1) is 0 Å². The number of primary amides is 1. The molecule has 0 saturated heterocycles. The minimum absolute atomic E-state index is 0.139. The van der Waals surface area contributed by atoms with E-state index in [1.807, 2.05) is 24.3 Å². The van der Waals surface area contributed by atoms with Gasteiger partial charge in [0.05, 0.1) is 5.92 Å². The Balaban J connectivity index is 2.50. The Morgan fingerprint density at radius 3 is 2.33 bits per heavy atom. The molecule has 0 bridgehead atoms. The third kappa shape index (κ3) is 5.21. The third-order valence-electron chi connectivity index (χ3n) is 3.21. The summed E-state index contributed by atoms with van der Waals surface area (Å²) in [6, 6.07) is 7.88. The van der Waals surface area contributed by atoms with Crippen LogP contribution in [0.25, 0.3) is 0 Å². The summed E-state index contributed by atoms with van der Waals surface area (Å²) in [5.74, 6) is -0.354. The van der Waals surface area contributed by atoms with Crippen LogP contribution >= 0.6 is 15.9 Å². The van der Waals surface area contributed by atoms with Crippen molar-refractivity contribution in [3.8, 4) is 0 Å². The number of rotatable bonds is 8. The molecule has 0 fully saturated rings. The van der Waals surface area contributed by atoms with Gasteiger partial charge in [0.1, 0.15) is 0 Å². The van der Waals surface area contributed by atoms with Gasteiger partial charge < -0.3 is 5.73 Å². The highest BCUT2D eigenvalue weighted by Crippen LogP contribution is 2.24. The van der Waals surface area contributed by atoms with Crippen molar-refractivity contribution >= 4 is 21.8 Å². The van der Waals surface area contributed by atoms with E-state index >= 15 is 0 Å². The van der Waals surface area contributed by atoms with Crippen molar-refractivity contribution in [3.63, 3.8) is 0 Å². The van der Waals surface area contributed by atoms with Crippen molar-refractivity contribution in [1.29, 1.82) is 0 Å². The molecule has 1 unspecified atom stereocenters. The molecule has 1 atom stereocenters. The molecule has 0 aliphatic rings. The molecule has 3 heteroatoms. The maximum absolute atomic E-state index is 11.5. The van der Waals surface area contributed by atoms with Crippen LogP contribution in [0.5, 0.6) is 0 Å². The van der Waals surface area contributed by atoms with E-state index in [9.17, 15) is 4.79 Å². The summed E-state index contributed by atoms with van der Waals surface area (Å²) < 4.78 is 1.03. The van der Waals surface area contributed by atoms with Crippen molar-refractivity contribution in [2.45, 2.75) is 51.4 Å². The van der Waals surface area contributed by atoms with Crippen LogP contribution in [0.15, 0.2) is 28.7 Å². The molecule has 2 nitrogen and oxygen atoms in total. The Bertz CT molecular complexity index is 361. The van der Waals surface area contributed by atoms with E-state index in [0.717, 1.165) is 22.9 Å². The zero-order valence-electron chi connectivity index (χ0n) is 11.0. The minimum Gasteiger partial charge on any atom is -0.369 e. The molecular formula is C15H22BrNO. The molecule has 1 amide bonds. The van der Waals surface area contributed by atoms with E-state index in [4.69, 9.17) is 5.73 Å². The zero-order valence-corrected chi connectivity index (χ0v) is 12.6. The quantitative estimate of drug-likeness (QED) is 0.711. The number of halogens is 1. The fraction of sp³-hybridized carbons (Fsp3) is 0.533. The second-order valence-corrected chi connectivity index (χ2v) is 5.63. The van der Waals surface area contributed by atoms with Crippen LogP contribution in [0, 0.1) is 0 Å². The lowest BCUT2D eigenvalue weighted by molar-refractivity contribution is -0.119. The average Bonchev–Trinajstić information content (AvgIpc) is 2.35. The van der Waals surface area contributed by atoms with Gasteiger partial charge in [0.25, 0.3) is 0 Å². The SMILES string of the molecule is CCCCCCCC(C(N)=O)c1ccc(Br)cc1. The van der Waals surface area contributed by atoms with Gasteiger partial charge in [-0.25, -0.2) is 0 Å². The Morgan fingerprint density at radius 2 is 1.78 bits per heavy atom. The van der Waals surface area contributed by atoms with Crippen LogP contribution in [0.1, 0.15) is 56.9 Å². The van der Waals surface area contributed by atoms with Crippen molar-refractivity contribution in [3.05, 3.63) is 34.3 Å². The highest BCUT2D eigenvalue weighted by molar-refractivity contribution is 9.10. The van der Waals surface area contributed by atoms with Gasteiger partial charge in [-0.1, -0.05) is 67.1 Å². The van der Waals surface area contributed by atoms with Crippen LogP contribution in [0.2, 0.25) is 0 Å². The van der Waals surface area contributed by atoms with Gasteiger partial charge in [0.2, 0.25) is 5.91 Å². The number of nitrogens with two attached hydrogens (primary N) is 1. The van der Waals surface area contributed by atoms with Crippen LogP contribution in [0.3, 0.4) is 0 Å². The predicted molar refractivity (Wildman–Crippen MR) is 79.5 cm³/mol. The van der Waals surface area contributed by atoms with Gasteiger partial charge in [-0.2, -0.15) is 0 Å². The van der Waals surface area contributed by atoms with Crippen LogP contribution < -0.4 is 5.73 Å². The van der Waals surface area contributed by atoms with Crippen molar-refractivity contribution in [2.75, 3.05) is 0 Å². The molecule has 2 N–H and O–H groups in total. The van der Waals surface area contributed by atoms with E-state index in [2.05, 4.69) is 22.9 Å². The maximum atomic E-state index is 11.5.